The summed E-state index contributed by atoms with van der Waals surface area (Å²) in [7, 11) is 1.58. The van der Waals surface area contributed by atoms with Crippen molar-refractivity contribution in [1.29, 1.82) is 0 Å². The fourth-order valence-electron chi connectivity index (χ4n) is 1.56. The van der Waals surface area contributed by atoms with Crippen LogP contribution < -0.4 is 11.1 Å². The van der Waals surface area contributed by atoms with Crippen molar-refractivity contribution in [2.24, 2.45) is 0 Å². The Morgan fingerprint density at radius 3 is 2.79 bits per heavy atom. The Bertz CT molecular complexity index is 440. The number of nitrogens with one attached hydrogen (secondary N) is 1. The third kappa shape index (κ3) is 5.06. The van der Waals surface area contributed by atoms with Gasteiger partial charge in [0.1, 0.15) is 6.10 Å². The smallest absolute Gasteiger partial charge is 0.253 e. The molecule has 0 aliphatic carbocycles. The summed E-state index contributed by atoms with van der Waals surface area (Å²) < 4.78 is 10.4. The van der Waals surface area contributed by atoms with Crippen LogP contribution >= 0.6 is 11.6 Å². The van der Waals surface area contributed by atoms with E-state index in [9.17, 15) is 4.79 Å². The zero-order chi connectivity index (χ0) is 14.4. The second-order valence-corrected chi connectivity index (χ2v) is 4.70. The number of carbonyl (C=O) groups is 1. The van der Waals surface area contributed by atoms with Crippen LogP contribution in [0.2, 0.25) is 5.02 Å². The van der Waals surface area contributed by atoms with Crippen molar-refractivity contribution in [2.75, 3.05) is 24.8 Å². The lowest BCUT2D eigenvalue weighted by Gasteiger charge is -2.18. The molecule has 1 amide bonds. The van der Waals surface area contributed by atoms with Crippen LogP contribution in [0.1, 0.15) is 13.8 Å². The van der Waals surface area contributed by atoms with Crippen molar-refractivity contribution >= 4 is 28.9 Å². The zero-order valence-corrected chi connectivity index (χ0v) is 12.0. The predicted octanol–water partition coefficient (Wildman–Crippen LogP) is 2.30. The summed E-state index contributed by atoms with van der Waals surface area (Å²) >= 11 is 5.85. The first-order valence-corrected chi connectivity index (χ1v) is 6.32. The lowest BCUT2D eigenvalue weighted by Crippen LogP contribution is -2.32. The first-order chi connectivity index (χ1) is 8.93. The zero-order valence-electron chi connectivity index (χ0n) is 11.3. The van der Waals surface area contributed by atoms with Crippen LogP contribution in [-0.2, 0) is 14.3 Å². The number of halogens is 1. The van der Waals surface area contributed by atoms with E-state index in [0.29, 0.717) is 23.0 Å². The third-order valence-electron chi connectivity index (χ3n) is 2.48. The number of ether oxygens (including phenoxy) is 2. The Morgan fingerprint density at radius 2 is 2.16 bits per heavy atom. The number of hydrogen-bond donors (Lipinski definition) is 2. The normalized spacial score (nSPS) is 13.9. The number of anilines is 2. The molecule has 5 nitrogen and oxygen atoms in total. The number of nitrogens with two attached hydrogens (primary N) is 1. The highest BCUT2D eigenvalue weighted by Gasteiger charge is 2.17. The molecule has 2 unspecified atom stereocenters. The maximum Gasteiger partial charge on any atom is 0.253 e. The van der Waals surface area contributed by atoms with Crippen LogP contribution in [0, 0.1) is 0 Å². The molecule has 1 rings (SSSR count). The van der Waals surface area contributed by atoms with Gasteiger partial charge in [-0.1, -0.05) is 11.6 Å². The van der Waals surface area contributed by atoms with Crippen molar-refractivity contribution in [3.63, 3.8) is 0 Å². The topological polar surface area (TPSA) is 73.6 Å². The maximum atomic E-state index is 11.9. The van der Waals surface area contributed by atoms with Crippen LogP contribution in [0.3, 0.4) is 0 Å². The number of hydrogen-bond acceptors (Lipinski definition) is 4. The van der Waals surface area contributed by atoms with E-state index >= 15 is 0 Å². The molecule has 0 spiro atoms. The highest BCUT2D eigenvalue weighted by Crippen LogP contribution is 2.23. The first kappa shape index (κ1) is 15.8. The van der Waals surface area contributed by atoms with Gasteiger partial charge in [0.15, 0.2) is 0 Å². The van der Waals surface area contributed by atoms with E-state index in [0.717, 1.165) is 0 Å². The van der Waals surface area contributed by atoms with Gasteiger partial charge in [-0.25, -0.2) is 0 Å². The molecule has 0 aliphatic rings. The van der Waals surface area contributed by atoms with Crippen LogP contribution in [0.5, 0.6) is 0 Å². The Kier molecular flexibility index (Phi) is 6.08. The molecule has 1 aromatic rings. The van der Waals surface area contributed by atoms with Gasteiger partial charge in [-0.3, -0.25) is 4.79 Å². The number of methoxy groups -OCH3 is 1. The minimum absolute atomic E-state index is 0.164. The van der Waals surface area contributed by atoms with Crippen molar-refractivity contribution < 1.29 is 14.3 Å². The fraction of sp³-hybridized carbons (Fsp3) is 0.462. The summed E-state index contributed by atoms with van der Waals surface area (Å²) in [5.41, 5.74) is 6.69. The summed E-state index contributed by atoms with van der Waals surface area (Å²) in [4.78, 5) is 11.9. The third-order valence-corrected chi connectivity index (χ3v) is 2.72. The van der Waals surface area contributed by atoms with Crippen molar-refractivity contribution in [3.8, 4) is 0 Å². The molecular weight excluding hydrogens is 268 g/mol. The van der Waals surface area contributed by atoms with Gasteiger partial charge >= 0.3 is 0 Å². The van der Waals surface area contributed by atoms with E-state index in [2.05, 4.69) is 5.32 Å². The van der Waals surface area contributed by atoms with E-state index in [-0.39, 0.29) is 12.0 Å². The minimum atomic E-state index is -0.608. The second kappa shape index (κ2) is 7.33. The van der Waals surface area contributed by atoms with Gasteiger partial charge in [-0.05, 0) is 32.0 Å². The molecule has 0 saturated heterocycles. The standard InChI is InChI=1S/C13H19ClN2O3/c1-8(7-18-3)19-9(2)13(17)16-12-6-10(14)4-5-11(12)15/h4-6,8-9H,7,15H2,1-3H3,(H,16,17). The number of carbonyl (C=O) groups excluding carboxylic acids is 1. The molecule has 0 radical (unpaired) electrons. The number of benzene rings is 1. The van der Waals surface area contributed by atoms with Crippen LogP contribution in [0.15, 0.2) is 18.2 Å². The summed E-state index contributed by atoms with van der Waals surface area (Å²) in [5.74, 6) is -0.281. The molecule has 3 N–H and O–H groups in total. The molecule has 0 heterocycles. The van der Waals surface area contributed by atoms with Crippen molar-refractivity contribution in [2.45, 2.75) is 26.1 Å². The van der Waals surface area contributed by atoms with Gasteiger partial charge < -0.3 is 20.5 Å². The average Bonchev–Trinajstić information content (AvgIpc) is 2.34. The quantitative estimate of drug-likeness (QED) is 0.787. The number of nitrogen functional groups attached to an aromatic ring is 1. The lowest BCUT2D eigenvalue weighted by atomic mass is 10.2. The van der Waals surface area contributed by atoms with Gasteiger partial charge in [-0.2, -0.15) is 0 Å². The summed E-state index contributed by atoms with van der Waals surface area (Å²) in [5, 5.41) is 3.19. The van der Waals surface area contributed by atoms with Gasteiger partial charge in [0.05, 0.1) is 24.1 Å². The van der Waals surface area contributed by atoms with E-state index in [1.165, 1.54) is 0 Å². The highest BCUT2D eigenvalue weighted by molar-refractivity contribution is 6.31. The van der Waals surface area contributed by atoms with Crippen molar-refractivity contribution in [1.82, 2.24) is 0 Å². The van der Waals surface area contributed by atoms with Crippen LogP contribution in [-0.4, -0.2) is 31.8 Å². The molecule has 0 fully saturated rings. The Balaban J connectivity index is 2.61. The predicted molar refractivity (Wildman–Crippen MR) is 76.4 cm³/mol. The largest absolute Gasteiger partial charge is 0.397 e. The highest BCUT2D eigenvalue weighted by atomic mass is 35.5. The molecule has 2 atom stereocenters. The van der Waals surface area contributed by atoms with Crippen LogP contribution in [0.4, 0.5) is 11.4 Å². The van der Waals surface area contributed by atoms with Crippen molar-refractivity contribution in [3.05, 3.63) is 23.2 Å². The molecule has 0 bridgehead atoms. The van der Waals surface area contributed by atoms with Gasteiger partial charge in [-0.15, -0.1) is 0 Å². The number of rotatable bonds is 6. The molecular formula is C13H19ClN2O3. The fourth-order valence-corrected chi connectivity index (χ4v) is 1.73. The lowest BCUT2D eigenvalue weighted by molar-refractivity contribution is -0.131. The molecule has 0 saturated carbocycles. The van der Waals surface area contributed by atoms with E-state index in [1.54, 1.807) is 32.2 Å². The second-order valence-electron chi connectivity index (χ2n) is 4.27. The number of amides is 1. The Morgan fingerprint density at radius 1 is 1.47 bits per heavy atom. The van der Waals surface area contributed by atoms with Gasteiger partial charge in [0.2, 0.25) is 0 Å². The van der Waals surface area contributed by atoms with E-state index in [4.69, 9.17) is 26.8 Å². The average molecular weight is 287 g/mol. The van der Waals surface area contributed by atoms with Gasteiger partial charge in [0, 0.05) is 12.1 Å². The molecule has 106 valence electrons. The van der Waals surface area contributed by atoms with Gasteiger partial charge in [0.25, 0.3) is 5.91 Å². The first-order valence-electron chi connectivity index (χ1n) is 5.94. The minimum Gasteiger partial charge on any atom is -0.397 e. The molecule has 0 aliphatic heterocycles. The monoisotopic (exact) mass is 286 g/mol. The molecule has 19 heavy (non-hydrogen) atoms. The maximum absolute atomic E-state index is 11.9. The van der Waals surface area contributed by atoms with E-state index < -0.39 is 6.10 Å². The summed E-state index contributed by atoms with van der Waals surface area (Å²) in [6.07, 6.45) is -0.772. The molecule has 6 heteroatoms. The SMILES string of the molecule is COCC(C)OC(C)C(=O)Nc1cc(Cl)ccc1N. The molecule has 1 aromatic carbocycles. The summed E-state index contributed by atoms with van der Waals surface area (Å²) in [6.45, 7) is 3.93. The van der Waals surface area contributed by atoms with Crippen LogP contribution in [0.25, 0.3) is 0 Å². The Labute approximate surface area is 118 Å². The molecule has 0 aromatic heterocycles. The Hall–Kier alpha value is -1.30. The van der Waals surface area contributed by atoms with E-state index in [1.807, 2.05) is 6.92 Å². The summed E-state index contributed by atoms with van der Waals surface area (Å²) in [6, 6.07) is 4.89.